The number of anilines is 1. The van der Waals surface area contributed by atoms with E-state index in [0.29, 0.717) is 44.7 Å². The fraction of sp³-hybridized carbons (Fsp3) is 0.429. The van der Waals surface area contributed by atoms with Gasteiger partial charge < -0.3 is 14.2 Å². The van der Waals surface area contributed by atoms with Gasteiger partial charge in [0.2, 0.25) is 17.4 Å². The van der Waals surface area contributed by atoms with Gasteiger partial charge in [-0.05, 0) is 13.8 Å². The van der Waals surface area contributed by atoms with Crippen LogP contribution in [0.5, 0.6) is 0 Å². The Balaban J connectivity index is 1.61. The van der Waals surface area contributed by atoms with Crippen LogP contribution in [-0.4, -0.2) is 57.5 Å². The van der Waals surface area contributed by atoms with Crippen LogP contribution in [0.3, 0.4) is 0 Å². The van der Waals surface area contributed by atoms with Gasteiger partial charge in [-0.15, -0.1) is 11.3 Å². The molecule has 2 amide bonds. The quantitative estimate of drug-likeness (QED) is 0.405. The van der Waals surface area contributed by atoms with E-state index in [1.165, 1.54) is 11.3 Å². The normalized spacial score (nSPS) is 29.4. The number of thiazole rings is 1. The third-order valence-electron chi connectivity index (χ3n) is 6.63. The summed E-state index contributed by atoms with van der Waals surface area (Å²) in [6.07, 6.45) is 0.605. The summed E-state index contributed by atoms with van der Waals surface area (Å²) in [5.41, 5.74) is 0.723. The highest BCUT2D eigenvalue weighted by Crippen LogP contribution is 2.51. The van der Waals surface area contributed by atoms with Gasteiger partial charge in [0.15, 0.2) is 11.5 Å². The number of ether oxygens (including phenoxy) is 1. The first-order valence-electron chi connectivity index (χ1n) is 10.5. The van der Waals surface area contributed by atoms with Crippen molar-refractivity contribution in [3.63, 3.8) is 0 Å². The van der Waals surface area contributed by atoms with Crippen molar-refractivity contribution in [1.82, 2.24) is 20.4 Å². The summed E-state index contributed by atoms with van der Waals surface area (Å²) in [5.74, 6) is -1.67. The Labute approximate surface area is 196 Å². The predicted octanol–water partition coefficient (Wildman–Crippen LogP) is 2.14. The number of hydrogen-bond acceptors (Lipinski definition) is 10. The van der Waals surface area contributed by atoms with Gasteiger partial charge in [-0.2, -0.15) is 0 Å². The molecule has 0 aromatic carbocycles. The van der Waals surface area contributed by atoms with E-state index >= 15 is 0 Å². The second-order valence-electron chi connectivity index (χ2n) is 8.64. The van der Waals surface area contributed by atoms with Gasteiger partial charge in [-0.25, -0.2) is 9.97 Å². The Hall–Kier alpha value is -2.89. The van der Waals surface area contributed by atoms with Gasteiger partial charge in [0.05, 0.1) is 36.1 Å². The van der Waals surface area contributed by atoms with Crippen molar-refractivity contribution in [3.8, 4) is 10.7 Å². The molecule has 10 nitrogen and oxygen atoms in total. The van der Waals surface area contributed by atoms with Gasteiger partial charge >= 0.3 is 0 Å². The second kappa shape index (κ2) is 7.05. The van der Waals surface area contributed by atoms with E-state index in [1.54, 1.807) is 6.20 Å². The molecule has 1 unspecified atom stereocenters. The topological polar surface area (TPSA) is 128 Å². The number of aromatic nitrogens is 3. The molecule has 3 aliphatic rings. The number of piperidine rings is 1. The van der Waals surface area contributed by atoms with E-state index in [-0.39, 0.29) is 18.9 Å². The van der Waals surface area contributed by atoms with Crippen molar-refractivity contribution in [1.29, 1.82) is 0 Å². The van der Waals surface area contributed by atoms with Gasteiger partial charge in [0.1, 0.15) is 21.0 Å². The summed E-state index contributed by atoms with van der Waals surface area (Å²) in [4.78, 5) is 49.6. The lowest BCUT2D eigenvalue weighted by Crippen LogP contribution is -2.72. The fourth-order valence-electron chi connectivity index (χ4n) is 5.44. The number of nitrogens with zero attached hydrogens (tertiary/aromatic N) is 4. The lowest BCUT2D eigenvalue weighted by atomic mass is 9.64. The molecule has 1 N–H and O–H groups in total. The van der Waals surface area contributed by atoms with Gasteiger partial charge in [-0.3, -0.25) is 19.7 Å². The van der Waals surface area contributed by atoms with Crippen molar-refractivity contribution < 1.29 is 23.6 Å². The van der Waals surface area contributed by atoms with Crippen LogP contribution in [-0.2, 0) is 25.5 Å². The van der Waals surface area contributed by atoms with Crippen molar-refractivity contribution in [2.24, 2.45) is 5.41 Å². The molecule has 3 aromatic heterocycles. The lowest BCUT2D eigenvalue weighted by Gasteiger charge is -2.55. The summed E-state index contributed by atoms with van der Waals surface area (Å²) in [5, 5.41) is 9.25. The largest absolute Gasteiger partial charge is 0.372 e. The molecule has 1 spiro atoms. The second-order valence-corrected chi connectivity index (χ2v) is 9.91. The molecule has 12 heteroatoms. The minimum absolute atomic E-state index is 0.0122. The number of Topliss-reactive ketones (excluding diaryl/α,β-unsaturated/α-hetero) is 1. The third kappa shape index (κ3) is 2.76. The number of fused-ring (bicyclic) bond motifs is 5. The Morgan fingerprint density at radius 2 is 2.12 bits per heavy atom. The summed E-state index contributed by atoms with van der Waals surface area (Å²) in [7, 11) is 0. The molecule has 4 atom stereocenters. The maximum absolute atomic E-state index is 13.4. The number of nitrogens with one attached hydrogen (secondary N) is 1. The Morgan fingerprint density at radius 1 is 1.30 bits per heavy atom. The first-order valence-corrected chi connectivity index (χ1v) is 11.7. The number of rotatable bonds is 1. The van der Waals surface area contributed by atoms with Crippen molar-refractivity contribution in [3.05, 3.63) is 22.3 Å². The number of carbonyl (C=O) groups is 3. The molecule has 0 saturated carbocycles. The van der Waals surface area contributed by atoms with E-state index in [4.69, 9.17) is 25.8 Å². The highest BCUT2D eigenvalue weighted by molar-refractivity contribution is 7.13. The van der Waals surface area contributed by atoms with Gasteiger partial charge in [0.25, 0.3) is 0 Å². The Kier molecular flexibility index (Phi) is 4.42. The molecule has 0 bridgehead atoms. The zero-order valence-corrected chi connectivity index (χ0v) is 19.2. The fourth-order valence-corrected chi connectivity index (χ4v) is 6.39. The highest BCUT2D eigenvalue weighted by atomic mass is 35.5. The number of amides is 2. The minimum atomic E-state index is -1.52. The molecule has 3 aliphatic heterocycles. The Bertz CT molecular complexity index is 1320. The number of hydrogen-bond donors (Lipinski definition) is 1. The molecule has 0 radical (unpaired) electrons. The van der Waals surface area contributed by atoms with E-state index < -0.39 is 35.2 Å². The number of pyridine rings is 1. The van der Waals surface area contributed by atoms with Gasteiger partial charge in [0, 0.05) is 24.5 Å². The predicted molar refractivity (Wildman–Crippen MR) is 118 cm³/mol. The number of carbonyl (C=O) groups excluding carboxylic acids is 3. The molecule has 170 valence electrons. The van der Waals surface area contributed by atoms with Crippen molar-refractivity contribution in [2.75, 3.05) is 11.4 Å². The van der Waals surface area contributed by atoms with Crippen LogP contribution >= 0.6 is 22.9 Å². The summed E-state index contributed by atoms with van der Waals surface area (Å²) in [6, 6.07) is -0.653. The molecule has 0 aliphatic carbocycles. The standard InChI is InChI=1S/C21H18ClN5O5S/c1-8-7-27-16-10(24-14-15(19-23-3-4-33-19)26-32-17(14)13(16)22)6-21(18(27)9(2)31-8)11(28)5-12(29)25-20(21)30/h3-4,8-9,18H,5-7H2,1-2H3,(H,25,29,30)/t8-,9+,18-,21?/m0/s1. The van der Waals surface area contributed by atoms with Crippen LogP contribution in [0.25, 0.3) is 21.8 Å². The van der Waals surface area contributed by atoms with Gasteiger partial charge in [-0.1, -0.05) is 16.8 Å². The molecule has 6 rings (SSSR count). The third-order valence-corrected chi connectivity index (χ3v) is 7.76. The van der Waals surface area contributed by atoms with Crippen LogP contribution in [0.1, 0.15) is 26.0 Å². The van der Waals surface area contributed by atoms with Crippen LogP contribution < -0.4 is 10.2 Å². The first kappa shape index (κ1) is 20.7. The summed E-state index contributed by atoms with van der Waals surface area (Å²) >= 11 is 8.24. The first-order chi connectivity index (χ1) is 15.8. The zero-order chi connectivity index (χ0) is 23.1. The Morgan fingerprint density at radius 3 is 2.85 bits per heavy atom. The van der Waals surface area contributed by atoms with Crippen LogP contribution in [0, 0.1) is 5.41 Å². The lowest BCUT2D eigenvalue weighted by molar-refractivity contribution is -0.158. The number of halogens is 1. The average Bonchev–Trinajstić information content (AvgIpc) is 3.41. The molecule has 6 heterocycles. The molecule has 33 heavy (non-hydrogen) atoms. The molecule has 2 saturated heterocycles. The van der Waals surface area contributed by atoms with Crippen molar-refractivity contribution in [2.45, 2.75) is 44.9 Å². The van der Waals surface area contributed by atoms with Crippen molar-refractivity contribution >= 4 is 57.3 Å². The minimum Gasteiger partial charge on any atom is -0.372 e. The van der Waals surface area contributed by atoms with E-state index in [2.05, 4.69) is 15.5 Å². The summed E-state index contributed by atoms with van der Waals surface area (Å²) in [6.45, 7) is 4.12. The molecule has 2 fully saturated rings. The van der Waals surface area contributed by atoms with E-state index in [9.17, 15) is 14.4 Å². The zero-order valence-electron chi connectivity index (χ0n) is 17.6. The summed E-state index contributed by atoms with van der Waals surface area (Å²) < 4.78 is 11.6. The SMILES string of the molecule is C[C@H]1CN2c3c(nc4c(-c5nccs5)noc4c3Cl)CC3(C(=O)CC(=O)NC3=O)[C@@H]2[C@@H](C)O1. The maximum atomic E-state index is 13.4. The van der Waals surface area contributed by atoms with Crippen LogP contribution in [0.15, 0.2) is 16.1 Å². The van der Waals surface area contributed by atoms with Crippen LogP contribution in [0.2, 0.25) is 5.02 Å². The number of imide groups is 1. The number of ketones is 1. The average molecular weight is 488 g/mol. The van der Waals surface area contributed by atoms with E-state index in [1.807, 2.05) is 24.1 Å². The molecule has 3 aromatic rings. The molecular formula is C21H18ClN5O5S. The smallest absolute Gasteiger partial charge is 0.242 e. The van der Waals surface area contributed by atoms with E-state index in [0.717, 1.165) is 0 Å². The van der Waals surface area contributed by atoms with Crippen LogP contribution in [0.4, 0.5) is 5.69 Å². The highest BCUT2D eigenvalue weighted by Gasteiger charge is 2.63. The monoisotopic (exact) mass is 487 g/mol. The number of morpholine rings is 1. The maximum Gasteiger partial charge on any atom is 0.242 e. The molecular weight excluding hydrogens is 470 g/mol.